The third kappa shape index (κ3) is 3.99. The smallest absolute Gasteiger partial charge is 0.258 e. The van der Waals surface area contributed by atoms with E-state index >= 15 is 0 Å². The maximum absolute atomic E-state index is 12.0. The lowest BCUT2D eigenvalue weighted by Crippen LogP contribution is -2.28. The van der Waals surface area contributed by atoms with Crippen LogP contribution >= 0.6 is 0 Å². The molecule has 0 saturated carbocycles. The van der Waals surface area contributed by atoms with Gasteiger partial charge in [0.05, 0.1) is 17.4 Å². The number of carbonyl (C=O) groups is 1. The molecule has 3 rings (SSSR count). The Morgan fingerprint density at radius 1 is 1.24 bits per heavy atom. The number of imidazole rings is 1. The van der Waals surface area contributed by atoms with Crippen LogP contribution in [0.1, 0.15) is 31.0 Å². The summed E-state index contributed by atoms with van der Waals surface area (Å²) in [6.45, 7) is 6.68. The highest BCUT2D eigenvalue weighted by atomic mass is 16.5. The number of ether oxygens (including phenoxy) is 1. The van der Waals surface area contributed by atoms with Crippen molar-refractivity contribution in [2.75, 3.05) is 6.61 Å². The SMILES string of the molecule is Cc1ccccc1OCC(=O)NCc1ccc2c(c1)ncn2C(C)C. The van der Waals surface area contributed by atoms with Crippen LogP contribution in [0.25, 0.3) is 11.0 Å². The first-order valence-electron chi connectivity index (χ1n) is 8.45. The standard InChI is InChI=1S/C20H23N3O2/c1-14(2)23-13-22-17-10-16(8-9-18(17)23)11-21-20(24)12-25-19-7-5-4-6-15(19)3/h4-10,13-14H,11-12H2,1-3H3,(H,21,24). The van der Waals surface area contributed by atoms with Gasteiger partial charge in [0.25, 0.3) is 5.91 Å². The number of hydrogen-bond donors (Lipinski definition) is 1. The Hall–Kier alpha value is -2.82. The number of aryl methyl sites for hydroxylation is 1. The molecule has 25 heavy (non-hydrogen) atoms. The van der Waals surface area contributed by atoms with Crippen molar-refractivity contribution in [3.05, 3.63) is 59.9 Å². The molecule has 130 valence electrons. The number of benzene rings is 2. The molecule has 3 aromatic rings. The Balaban J connectivity index is 1.57. The molecule has 0 aliphatic carbocycles. The summed E-state index contributed by atoms with van der Waals surface area (Å²) in [5.41, 5.74) is 4.08. The lowest BCUT2D eigenvalue weighted by Gasteiger charge is -2.10. The minimum absolute atomic E-state index is 0.00900. The molecule has 1 amide bonds. The minimum Gasteiger partial charge on any atom is -0.484 e. The van der Waals surface area contributed by atoms with E-state index in [0.717, 1.165) is 27.9 Å². The minimum atomic E-state index is -0.143. The van der Waals surface area contributed by atoms with Crippen molar-refractivity contribution < 1.29 is 9.53 Å². The first-order valence-corrected chi connectivity index (χ1v) is 8.45. The van der Waals surface area contributed by atoms with E-state index in [9.17, 15) is 4.79 Å². The molecule has 0 aliphatic heterocycles. The number of aromatic nitrogens is 2. The van der Waals surface area contributed by atoms with Gasteiger partial charge in [-0.2, -0.15) is 0 Å². The normalized spacial score (nSPS) is 11.0. The van der Waals surface area contributed by atoms with Crippen LogP contribution in [0.4, 0.5) is 0 Å². The highest BCUT2D eigenvalue weighted by Gasteiger charge is 2.08. The molecule has 0 atom stereocenters. The van der Waals surface area contributed by atoms with E-state index < -0.39 is 0 Å². The molecule has 1 N–H and O–H groups in total. The zero-order valence-corrected chi connectivity index (χ0v) is 14.8. The van der Waals surface area contributed by atoms with E-state index in [1.54, 1.807) is 0 Å². The molecule has 0 saturated heterocycles. The average molecular weight is 337 g/mol. The van der Waals surface area contributed by atoms with Gasteiger partial charge in [0.1, 0.15) is 5.75 Å². The summed E-state index contributed by atoms with van der Waals surface area (Å²) in [5.74, 6) is 0.592. The van der Waals surface area contributed by atoms with Crippen molar-refractivity contribution in [3.8, 4) is 5.75 Å². The molecule has 0 spiro atoms. The first-order chi connectivity index (χ1) is 12.0. The Bertz CT molecular complexity index is 884. The fourth-order valence-corrected chi connectivity index (χ4v) is 2.71. The van der Waals surface area contributed by atoms with E-state index in [1.807, 2.05) is 55.7 Å². The Labute approximate surface area is 147 Å². The highest BCUT2D eigenvalue weighted by molar-refractivity contribution is 5.78. The van der Waals surface area contributed by atoms with E-state index in [1.165, 1.54) is 0 Å². The molecular formula is C20H23N3O2. The van der Waals surface area contributed by atoms with Crippen LogP contribution in [0.3, 0.4) is 0 Å². The van der Waals surface area contributed by atoms with Crippen LogP contribution < -0.4 is 10.1 Å². The zero-order valence-electron chi connectivity index (χ0n) is 14.8. The topological polar surface area (TPSA) is 56.1 Å². The number of carbonyl (C=O) groups excluding carboxylic acids is 1. The second-order valence-corrected chi connectivity index (χ2v) is 6.40. The summed E-state index contributed by atoms with van der Waals surface area (Å²) >= 11 is 0. The predicted octanol–water partition coefficient (Wildman–Crippen LogP) is 3.62. The van der Waals surface area contributed by atoms with Gasteiger partial charge in [0.2, 0.25) is 0 Å². The van der Waals surface area contributed by atoms with Crippen LogP contribution in [0.15, 0.2) is 48.8 Å². The fraction of sp³-hybridized carbons (Fsp3) is 0.300. The summed E-state index contributed by atoms with van der Waals surface area (Å²) in [6, 6.07) is 14.1. The Morgan fingerprint density at radius 2 is 2.04 bits per heavy atom. The lowest BCUT2D eigenvalue weighted by atomic mass is 10.2. The quantitative estimate of drug-likeness (QED) is 0.747. The van der Waals surface area contributed by atoms with Crippen molar-refractivity contribution in [2.24, 2.45) is 0 Å². The molecule has 1 aromatic heterocycles. The summed E-state index contributed by atoms with van der Waals surface area (Å²) in [6.07, 6.45) is 1.85. The number of nitrogens with one attached hydrogen (secondary N) is 1. The molecule has 0 radical (unpaired) electrons. The third-order valence-corrected chi connectivity index (χ3v) is 4.14. The lowest BCUT2D eigenvalue weighted by molar-refractivity contribution is -0.123. The molecule has 5 heteroatoms. The van der Waals surface area contributed by atoms with Gasteiger partial charge in [-0.3, -0.25) is 4.79 Å². The zero-order chi connectivity index (χ0) is 17.8. The number of nitrogens with zero attached hydrogens (tertiary/aromatic N) is 2. The third-order valence-electron chi connectivity index (χ3n) is 4.14. The molecular weight excluding hydrogens is 314 g/mol. The number of hydrogen-bond acceptors (Lipinski definition) is 3. The monoisotopic (exact) mass is 337 g/mol. The summed E-state index contributed by atoms with van der Waals surface area (Å²) in [7, 11) is 0. The van der Waals surface area contributed by atoms with Crippen LogP contribution in [-0.4, -0.2) is 22.1 Å². The molecule has 2 aromatic carbocycles. The largest absolute Gasteiger partial charge is 0.484 e. The van der Waals surface area contributed by atoms with Crippen molar-refractivity contribution in [2.45, 2.75) is 33.4 Å². The summed E-state index contributed by atoms with van der Waals surface area (Å²) < 4.78 is 7.69. The number of amides is 1. The maximum Gasteiger partial charge on any atom is 0.258 e. The van der Waals surface area contributed by atoms with Gasteiger partial charge in [-0.05, 0) is 50.1 Å². The maximum atomic E-state index is 12.0. The first kappa shape index (κ1) is 17.0. The Morgan fingerprint density at radius 3 is 2.80 bits per heavy atom. The molecule has 1 heterocycles. The van der Waals surface area contributed by atoms with Crippen LogP contribution in [-0.2, 0) is 11.3 Å². The van der Waals surface area contributed by atoms with Gasteiger partial charge in [-0.25, -0.2) is 4.98 Å². The van der Waals surface area contributed by atoms with Gasteiger partial charge in [-0.1, -0.05) is 24.3 Å². The molecule has 0 unspecified atom stereocenters. The van der Waals surface area contributed by atoms with Gasteiger partial charge in [0, 0.05) is 12.6 Å². The van der Waals surface area contributed by atoms with Gasteiger partial charge < -0.3 is 14.6 Å². The molecule has 0 bridgehead atoms. The van der Waals surface area contributed by atoms with E-state index in [-0.39, 0.29) is 12.5 Å². The van der Waals surface area contributed by atoms with Crippen molar-refractivity contribution >= 4 is 16.9 Å². The summed E-state index contributed by atoms with van der Waals surface area (Å²) in [5, 5.41) is 2.88. The van der Waals surface area contributed by atoms with Crippen molar-refractivity contribution in [1.82, 2.24) is 14.9 Å². The molecule has 5 nitrogen and oxygen atoms in total. The van der Waals surface area contributed by atoms with E-state index in [0.29, 0.717) is 12.6 Å². The average Bonchev–Trinajstić information content (AvgIpc) is 3.02. The van der Waals surface area contributed by atoms with Gasteiger partial charge in [-0.15, -0.1) is 0 Å². The Kier molecular flexibility index (Phi) is 5.03. The van der Waals surface area contributed by atoms with Crippen LogP contribution in [0.5, 0.6) is 5.75 Å². The number of para-hydroxylation sites is 1. The molecule has 0 fully saturated rings. The number of fused-ring (bicyclic) bond motifs is 1. The number of rotatable bonds is 6. The van der Waals surface area contributed by atoms with Crippen molar-refractivity contribution in [3.63, 3.8) is 0 Å². The highest BCUT2D eigenvalue weighted by Crippen LogP contribution is 2.19. The molecule has 0 aliphatic rings. The van der Waals surface area contributed by atoms with Gasteiger partial charge in [0.15, 0.2) is 6.61 Å². The van der Waals surface area contributed by atoms with E-state index in [2.05, 4.69) is 28.7 Å². The van der Waals surface area contributed by atoms with Crippen LogP contribution in [0, 0.1) is 6.92 Å². The van der Waals surface area contributed by atoms with Crippen LogP contribution in [0.2, 0.25) is 0 Å². The second kappa shape index (κ2) is 7.38. The summed E-state index contributed by atoms with van der Waals surface area (Å²) in [4.78, 5) is 16.4. The predicted molar refractivity (Wildman–Crippen MR) is 98.6 cm³/mol. The second-order valence-electron chi connectivity index (χ2n) is 6.40. The van der Waals surface area contributed by atoms with Gasteiger partial charge >= 0.3 is 0 Å². The fourth-order valence-electron chi connectivity index (χ4n) is 2.71. The van der Waals surface area contributed by atoms with Crippen molar-refractivity contribution in [1.29, 1.82) is 0 Å². The van der Waals surface area contributed by atoms with E-state index in [4.69, 9.17) is 4.74 Å².